The van der Waals surface area contributed by atoms with Gasteiger partial charge in [0.15, 0.2) is 0 Å². The van der Waals surface area contributed by atoms with E-state index in [1.165, 1.54) is 44.9 Å². The quantitative estimate of drug-likeness (QED) is 0.839. The highest BCUT2D eigenvalue weighted by Gasteiger charge is 2.62. The summed E-state index contributed by atoms with van der Waals surface area (Å²) < 4.78 is 6.67. The second kappa shape index (κ2) is 4.73. The van der Waals surface area contributed by atoms with Gasteiger partial charge in [0.25, 0.3) is 0 Å². The first-order valence-electron chi connectivity index (χ1n) is 8.32. The van der Waals surface area contributed by atoms with Gasteiger partial charge >= 0.3 is 0 Å². The minimum Gasteiger partial charge on any atom is -0.373 e. The molecular weight excluding hydrogens is 234 g/mol. The highest BCUT2D eigenvalue weighted by Crippen LogP contribution is 2.66. The van der Waals surface area contributed by atoms with Gasteiger partial charge in [-0.1, -0.05) is 33.6 Å². The van der Waals surface area contributed by atoms with E-state index in [0.717, 1.165) is 5.92 Å². The van der Waals surface area contributed by atoms with E-state index >= 15 is 0 Å². The Morgan fingerprint density at radius 2 is 1.79 bits per heavy atom. The van der Waals surface area contributed by atoms with Gasteiger partial charge in [-0.3, -0.25) is 0 Å². The van der Waals surface area contributed by atoms with Gasteiger partial charge in [-0.2, -0.15) is 0 Å². The SMILES string of the molecule is CNC1CCCCC1OC1CC2CCC1(C)C2(C)C. The fourth-order valence-electron chi connectivity index (χ4n) is 5.14. The molecule has 3 rings (SSSR count). The van der Waals surface area contributed by atoms with Gasteiger partial charge in [0.1, 0.15) is 0 Å². The van der Waals surface area contributed by atoms with Gasteiger partial charge in [-0.05, 0) is 55.9 Å². The van der Waals surface area contributed by atoms with Gasteiger partial charge in [0, 0.05) is 6.04 Å². The number of nitrogens with one attached hydrogen (secondary N) is 1. The average Bonchev–Trinajstić information content (AvgIpc) is 2.72. The Labute approximate surface area is 118 Å². The summed E-state index contributed by atoms with van der Waals surface area (Å²) in [6.07, 6.45) is 10.3. The summed E-state index contributed by atoms with van der Waals surface area (Å²) in [4.78, 5) is 0. The lowest BCUT2D eigenvalue weighted by Gasteiger charge is -2.42. The molecule has 2 bridgehead atoms. The molecule has 3 saturated carbocycles. The van der Waals surface area contributed by atoms with E-state index < -0.39 is 0 Å². The van der Waals surface area contributed by atoms with Crippen LogP contribution in [0.3, 0.4) is 0 Å². The summed E-state index contributed by atoms with van der Waals surface area (Å²) in [5.41, 5.74) is 0.884. The van der Waals surface area contributed by atoms with Crippen LogP contribution in [0, 0.1) is 16.7 Å². The summed E-state index contributed by atoms with van der Waals surface area (Å²) in [6, 6.07) is 0.583. The van der Waals surface area contributed by atoms with E-state index in [0.29, 0.717) is 29.1 Å². The number of fused-ring (bicyclic) bond motifs is 2. The normalized spacial score (nSPS) is 48.6. The van der Waals surface area contributed by atoms with Crippen LogP contribution in [0.5, 0.6) is 0 Å². The molecule has 0 aromatic carbocycles. The molecule has 0 saturated heterocycles. The van der Waals surface area contributed by atoms with Gasteiger partial charge in [-0.25, -0.2) is 0 Å². The standard InChI is InChI=1S/C17H31NO/c1-16(2)12-9-10-17(16,3)15(11-12)19-14-8-6-5-7-13(14)18-4/h12-15,18H,5-11H2,1-4H3. The van der Waals surface area contributed by atoms with Crippen LogP contribution in [0.25, 0.3) is 0 Å². The molecule has 0 spiro atoms. The van der Waals surface area contributed by atoms with Crippen LogP contribution in [-0.4, -0.2) is 25.3 Å². The maximum Gasteiger partial charge on any atom is 0.0731 e. The second-order valence-corrected chi connectivity index (χ2v) is 7.95. The lowest BCUT2D eigenvalue weighted by Crippen LogP contribution is -2.47. The Kier molecular flexibility index (Phi) is 3.46. The molecule has 0 heterocycles. The van der Waals surface area contributed by atoms with E-state index in [2.05, 4.69) is 33.1 Å². The summed E-state index contributed by atoms with van der Waals surface area (Å²) in [5.74, 6) is 0.888. The van der Waals surface area contributed by atoms with Crippen molar-refractivity contribution in [3.05, 3.63) is 0 Å². The Hall–Kier alpha value is -0.0800. The third-order valence-electron chi connectivity index (χ3n) is 7.13. The molecule has 2 nitrogen and oxygen atoms in total. The predicted octanol–water partition coefficient (Wildman–Crippen LogP) is 3.75. The number of likely N-dealkylation sites (N-methyl/N-ethyl adjacent to an activating group) is 1. The van der Waals surface area contributed by atoms with Crippen LogP contribution in [0.1, 0.15) is 65.7 Å². The van der Waals surface area contributed by atoms with Crippen molar-refractivity contribution in [3.8, 4) is 0 Å². The molecule has 110 valence electrons. The molecule has 0 amide bonds. The lowest BCUT2D eigenvalue weighted by molar-refractivity contribution is -0.106. The Morgan fingerprint density at radius 3 is 2.37 bits per heavy atom. The topological polar surface area (TPSA) is 21.3 Å². The first-order valence-corrected chi connectivity index (χ1v) is 8.32. The van der Waals surface area contributed by atoms with E-state index in [9.17, 15) is 0 Å². The maximum atomic E-state index is 6.67. The van der Waals surface area contributed by atoms with Crippen molar-refractivity contribution >= 4 is 0 Å². The minimum atomic E-state index is 0.410. The minimum absolute atomic E-state index is 0.410. The molecule has 0 aliphatic heterocycles. The van der Waals surface area contributed by atoms with Crippen molar-refractivity contribution in [3.63, 3.8) is 0 Å². The van der Waals surface area contributed by atoms with Gasteiger partial charge in [-0.15, -0.1) is 0 Å². The molecule has 1 N–H and O–H groups in total. The molecule has 19 heavy (non-hydrogen) atoms. The number of hydrogen-bond acceptors (Lipinski definition) is 2. The fourth-order valence-corrected chi connectivity index (χ4v) is 5.14. The summed E-state index contributed by atoms with van der Waals surface area (Å²) in [7, 11) is 2.10. The third-order valence-corrected chi connectivity index (χ3v) is 7.13. The van der Waals surface area contributed by atoms with Gasteiger partial charge < -0.3 is 10.1 Å². The van der Waals surface area contributed by atoms with Crippen molar-refractivity contribution in [1.82, 2.24) is 5.32 Å². The van der Waals surface area contributed by atoms with Crippen LogP contribution in [0.2, 0.25) is 0 Å². The molecule has 3 aliphatic rings. The molecule has 2 heteroatoms. The molecule has 0 radical (unpaired) electrons. The number of rotatable bonds is 3. The molecule has 3 fully saturated rings. The van der Waals surface area contributed by atoms with Crippen LogP contribution in [0.4, 0.5) is 0 Å². The maximum absolute atomic E-state index is 6.67. The zero-order chi connectivity index (χ0) is 13.7. The van der Waals surface area contributed by atoms with Crippen LogP contribution in [-0.2, 0) is 4.74 Å². The van der Waals surface area contributed by atoms with Crippen molar-refractivity contribution in [1.29, 1.82) is 0 Å². The van der Waals surface area contributed by atoms with Crippen LogP contribution in [0.15, 0.2) is 0 Å². The lowest BCUT2D eigenvalue weighted by atomic mass is 9.70. The highest BCUT2D eigenvalue weighted by atomic mass is 16.5. The zero-order valence-electron chi connectivity index (χ0n) is 13.2. The highest BCUT2D eigenvalue weighted by molar-refractivity contribution is 5.11. The monoisotopic (exact) mass is 265 g/mol. The first kappa shape index (κ1) is 13.9. The molecule has 5 unspecified atom stereocenters. The molecule has 5 atom stereocenters. The van der Waals surface area contributed by atoms with E-state index in [1.54, 1.807) is 0 Å². The van der Waals surface area contributed by atoms with Gasteiger partial charge in [0.2, 0.25) is 0 Å². The molecule has 0 aromatic heterocycles. The van der Waals surface area contributed by atoms with Gasteiger partial charge in [0.05, 0.1) is 12.2 Å². The zero-order valence-corrected chi connectivity index (χ0v) is 13.2. The fraction of sp³-hybridized carbons (Fsp3) is 1.00. The average molecular weight is 265 g/mol. The largest absolute Gasteiger partial charge is 0.373 e. The van der Waals surface area contributed by atoms with Crippen molar-refractivity contribution in [2.24, 2.45) is 16.7 Å². The van der Waals surface area contributed by atoms with Crippen LogP contribution < -0.4 is 5.32 Å². The molecule has 0 aromatic rings. The Morgan fingerprint density at radius 1 is 1.05 bits per heavy atom. The van der Waals surface area contributed by atoms with Crippen molar-refractivity contribution in [2.75, 3.05) is 7.05 Å². The second-order valence-electron chi connectivity index (χ2n) is 7.95. The first-order chi connectivity index (χ1) is 8.99. The third kappa shape index (κ3) is 1.98. The van der Waals surface area contributed by atoms with Crippen LogP contribution >= 0.6 is 0 Å². The van der Waals surface area contributed by atoms with Crippen molar-refractivity contribution < 1.29 is 4.74 Å². The number of hydrogen-bond donors (Lipinski definition) is 1. The summed E-state index contributed by atoms with van der Waals surface area (Å²) in [5, 5.41) is 3.48. The van der Waals surface area contributed by atoms with E-state index in [-0.39, 0.29) is 0 Å². The van der Waals surface area contributed by atoms with Crippen molar-refractivity contribution in [2.45, 2.75) is 84.0 Å². The molecule has 3 aliphatic carbocycles. The number of ether oxygens (including phenoxy) is 1. The smallest absolute Gasteiger partial charge is 0.0731 e. The molecular formula is C17H31NO. The Bertz CT molecular complexity index is 340. The summed E-state index contributed by atoms with van der Waals surface area (Å²) >= 11 is 0. The Balaban J connectivity index is 1.71. The summed E-state index contributed by atoms with van der Waals surface area (Å²) in [6.45, 7) is 7.44. The van der Waals surface area contributed by atoms with E-state index in [4.69, 9.17) is 4.74 Å². The van der Waals surface area contributed by atoms with E-state index in [1.807, 2.05) is 0 Å². The predicted molar refractivity (Wildman–Crippen MR) is 79.2 cm³/mol.